The van der Waals surface area contributed by atoms with Gasteiger partial charge >= 0.3 is 0 Å². The second kappa shape index (κ2) is 6.23. The van der Waals surface area contributed by atoms with Gasteiger partial charge in [-0.15, -0.1) is 0 Å². The van der Waals surface area contributed by atoms with E-state index in [0.29, 0.717) is 17.3 Å². The standard InChI is InChI=1S/C13H13ClN4O2/c1-20-9-4-2-3-8(7-9)16-13(19)12-10(14)5-6-11(17-12)18-15/h2-7H,15H2,1H3,(H,16,19)(H,17,18). The van der Waals surface area contributed by atoms with Gasteiger partial charge in [-0.25, -0.2) is 10.8 Å². The molecule has 0 atom stereocenters. The van der Waals surface area contributed by atoms with Gasteiger partial charge in [0, 0.05) is 11.8 Å². The molecule has 1 aromatic carbocycles. The third-order valence-electron chi connectivity index (χ3n) is 2.54. The van der Waals surface area contributed by atoms with Crippen molar-refractivity contribution in [3.8, 4) is 5.75 Å². The minimum Gasteiger partial charge on any atom is -0.497 e. The lowest BCUT2D eigenvalue weighted by Crippen LogP contribution is -2.16. The lowest BCUT2D eigenvalue weighted by molar-refractivity contribution is 0.102. The van der Waals surface area contributed by atoms with Crippen molar-refractivity contribution in [2.75, 3.05) is 17.9 Å². The zero-order chi connectivity index (χ0) is 14.5. The molecule has 0 spiro atoms. The van der Waals surface area contributed by atoms with Crippen LogP contribution < -0.4 is 21.3 Å². The summed E-state index contributed by atoms with van der Waals surface area (Å²) in [6, 6.07) is 10.1. The quantitative estimate of drug-likeness (QED) is 0.594. The summed E-state index contributed by atoms with van der Waals surface area (Å²) < 4.78 is 5.08. The fraction of sp³-hybridized carbons (Fsp3) is 0.0769. The molecule has 0 saturated carbocycles. The van der Waals surface area contributed by atoms with E-state index in [2.05, 4.69) is 15.7 Å². The lowest BCUT2D eigenvalue weighted by Gasteiger charge is -2.08. The van der Waals surface area contributed by atoms with E-state index in [1.807, 2.05) is 0 Å². The van der Waals surface area contributed by atoms with Crippen LogP contribution in [0.3, 0.4) is 0 Å². The number of amides is 1. The number of anilines is 2. The Morgan fingerprint density at radius 3 is 2.85 bits per heavy atom. The van der Waals surface area contributed by atoms with Crippen molar-refractivity contribution in [3.63, 3.8) is 0 Å². The van der Waals surface area contributed by atoms with Gasteiger partial charge in [0.05, 0.1) is 12.1 Å². The average Bonchev–Trinajstić information content (AvgIpc) is 2.47. The van der Waals surface area contributed by atoms with Gasteiger partial charge in [0.25, 0.3) is 5.91 Å². The first-order valence-electron chi connectivity index (χ1n) is 5.72. The minimum atomic E-state index is -0.430. The van der Waals surface area contributed by atoms with Crippen molar-refractivity contribution >= 4 is 29.0 Å². The van der Waals surface area contributed by atoms with E-state index >= 15 is 0 Å². The summed E-state index contributed by atoms with van der Waals surface area (Å²) in [6.45, 7) is 0. The maximum atomic E-state index is 12.1. The molecule has 7 heteroatoms. The summed E-state index contributed by atoms with van der Waals surface area (Å²) in [5.41, 5.74) is 3.03. The number of nitrogens with one attached hydrogen (secondary N) is 2. The third-order valence-corrected chi connectivity index (χ3v) is 2.84. The second-order valence-electron chi connectivity index (χ2n) is 3.86. The number of pyridine rings is 1. The number of hydrogen-bond donors (Lipinski definition) is 3. The largest absolute Gasteiger partial charge is 0.497 e. The Labute approximate surface area is 120 Å². The maximum absolute atomic E-state index is 12.1. The SMILES string of the molecule is COc1cccc(NC(=O)c2nc(NN)ccc2Cl)c1. The Balaban J connectivity index is 2.23. The van der Waals surface area contributed by atoms with Crippen molar-refractivity contribution in [1.82, 2.24) is 4.98 Å². The molecule has 0 aliphatic rings. The Bertz CT molecular complexity index is 634. The minimum absolute atomic E-state index is 0.0879. The molecule has 4 N–H and O–H groups in total. The predicted octanol–water partition coefficient (Wildman–Crippen LogP) is 2.28. The molecular formula is C13H13ClN4O2. The number of rotatable bonds is 4. The van der Waals surface area contributed by atoms with Crippen molar-refractivity contribution in [2.45, 2.75) is 0 Å². The molecule has 0 bridgehead atoms. The molecule has 0 saturated heterocycles. The monoisotopic (exact) mass is 292 g/mol. The van der Waals surface area contributed by atoms with Crippen molar-refractivity contribution < 1.29 is 9.53 Å². The molecule has 0 unspecified atom stereocenters. The summed E-state index contributed by atoms with van der Waals surface area (Å²) >= 11 is 5.96. The molecule has 1 heterocycles. The van der Waals surface area contributed by atoms with Crippen molar-refractivity contribution in [1.29, 1.82) is 0 Å². The van der Waals surface area contributed by atoms with Crippen LogP contribution in [0, 0.1) is 0 Å². The van der Waals surface area contributed by atoms with E-state index in [1.165, 1.54) is 0 Å². The van der Waals surface area contributed by atoms with Crippen LogP contribution in [0.25, 0.3) is 0 Å². The second-order valence-corrected chi connectivity index (χ2v) is 4.26. The zero-order valence-corrected chi connectivity index (χ0v) is 11.4. The number of nitrogen functional groups attached to an aromatic ring is 1. The van der Waals surface area contributed by atoms with E-state index in [0.717, 1.165) is 0 Å². The first-order valence-corrected chi connectivity index (χ1v) is 6.10. The Kier molecular flexibility index (Phi) is 4.39. The third kappa shape index (κ3) is 3.17. The predicted molar refractivity (Wildman–Crippen MR) is 78.0 cm³/mol. The topological polar surface area (TPSA) is 89.3 Å². The van der Waals surface area contributed by atoms with E-state index in [-0.39, 0.29) is 10.7 Å². The van der Waals surface area contributed by atoms with E-state index in [4.69, 9.17) is 22.2 Å². The molecule has 2 rings (SSSR count). The summed E-state index contributed by atoms with van der Waals surface area (Å²) in [6.07, 6.45) is 0. The van der Waals surface area contributed by atoms with Crippen LogP contribution in [-0.2, 0) is 0 Å². The number of nitrogens with two attached hydrogens (primary N) is 1. The van der Waals surface area contributed by atoms with Gasteiger partial charge in [-0.3, -0.25) is 4.79 Å². The molecule has 104 valence electrons. The first-order chi connectivity index (χ1) is 9.63. The molecule has 0 aliphatic heterocycles. The van der Waals surface area contributed by atoms with Crippen LogP contribution in [0.4, 0.5) is 11.5 Å². The highest BCUT2D eigenvalue weighted by molar-refractivity contribution is 6.34. The van der Waals surface area contributed by atoms with Crippen molar-refractivity contribution in [3.05, 3.63) is 47.1 Å². The number of methoxy groups -OCH3 is 1. The molecular weight excluding hydrogens is 280 g/mol. The van der Waals surface area contributed by atoms with Crippen LogP contribution in [0.5, 0.6) is 5.75 Å². The molecule has 1 aromatic heterocycles. The number of carbonyl (C=O) groups excluding carboxylic acids is 1. The average molecular weight is 293 g/mol. The highest BCUT2D eigenvalue weighted by atomic mass is 35.5. The maximum Gasteiger partial charge on any atom is 0.275 e. The molecule has 0 radical (unpaired) electrons. The number of ether oxygens (including phenoxy) is 1. The number of aromatic nitrogens is 1. The molecule has 0 fully saturated rings. The van der Waals surface area contributed by atoms with Crippen LogP contribution in [0.15, 0.2) is 36.4 Å². The smallest absolute Gasteiger partial charge is 0.275 e. The Morgan fingerprint density at radius 1 is 1.35 bits per heavy atom. The van der Waals surface area contributed by atoms with Crippen LogP contribution in [0.1, 0.15) is 10.5 Å². The summed E-state index contributed by atoms with van der Waals surface area (Å²) in [5, 5.41) is 2.93. The fourth-order valence-corrected chi connectivity index (χ4v) is 1.76. The van der Waals surface area contributed by atoms with Crippen molar-refractivity contribution in [2.24, 2.45) is 5.84 Å². The molecule has 6 nitrogen and oxygen atoms in total. The Morgan fingerprint density at radius 2 is 2.15 bits per heavy atom. The van der Waals surface area contributed by atoms with Crippen LogP contribution in [0.2, 0.25) is 5.02 Å². The Hall–Kier alpha value is -2.31. The van der Waals surface area contributed by atoms with Crippen LogP contribution in [-0.4, -0.2) is 18.0 Å². The van der Waals surface area contributed by atoms with E-state index in [9.17, 15) is 4.79 Å². The fourth-order valence-electron chi connectivity index (χ4n) is 1.57. The molecule has 2 aromatic rings. The molecule has 0 aliphatic carbocycles. The van der Waals surface area contributed by atoms with E-state index < -0.39 is 5.91 Å². The van der Waals surface area contributed by atoms with Gasteiger partial charge in [0.1, 0.15) is 17.3 Å². The number of nitrogens with zero attached hydrogens (tertiary/aromatic N) is 1. The van der Waals surface area contributed by atoms with Gasteiger partial charge in [-0.05, 0) is 24.3 Å². The van der Waals surface area contributed by atoms with Gasteiger partial charge < -0.3 is 15.5 Å². The van der Waals surface area contributed by atoms with Gasteiger partial charge in [-0.1, -0.05) is 17.7 Å². The summed E-state index contributed by atoms with van der Waals surface area (Å²) in [5.74, 6) is 5.82. The van der Waals surface area contributed by atoms with Gasteiger partial charge in [0.2, 0.25) is 0 Å². The van der Waals surface area contributed by atoms with Gasteiger partial charge in [-0.2, -0.15) is 0 Å². The number of halogens is 1. The molecule has 20 heavy (non-hydrogen) atoms. The highest BCUT2D eigenvalue weighted by Crippen LogP contribution is 2.20. The zero-order valence-electron chi connectivity index (χ0n) is 10.7. The van der Waals surface area contributed by atoms with Crippen LogP contribution >= 0.6 is 11.6 Å². The highest BCUT2D eigenvalue weighted by Gasteiger charge is 2.13. The number of carbonyl (C=O) groups is 1. The number of benzene rings is 1. The lowest BCUT2D eigenvalue weighted by atomic mass is 10.2. The normalized spacial score (nSPS) is 9.95. The summed E-state index contributed by atoms with van der Waals surface area (Å²) in [4.78, 5) is 16.2. The molecule has 1 amide bonds. The number of hydrogen-bond acceptors (Lipinski definition) is 5. The van der Waals surface area contributed by atoms with E-state index in [1.54, 1.807) is 43.5 Å². The number of hydrazine groups is 1. The first kappa shape index (κ1) is 14.1. The van der Waals surface area contributed by atoms with Gasteiger partial charge in [0.15, 0.2) is 0 Å². The summed E-state index contributed by atoms with van der Waals surface area (Å²) in [7, 11) is 1.55.